The Kier molecular flexibility index (Phi) is 55.6. The van der Waals surface area contributed by atoms with Gasteiger partial charge in [0, 0.05) is 9.75 Å². The topological polar surface area (TPSA) is 13.1 Å². The zero-order chi connectivity index (χ0) is 89.6. The van der Waals surface area contributed by atoms with Crippen molar-refractivity contribution in [1.29, 1.82) is 0 Å². The predicted molar refractivity (Wildman–Crippen MR) is 549 cm³/mol. The van der Waals surface area contributed by atoms with Gasteiger partial charge in [-0.1, -0.05) is 415 Å². The molecule has 0 aliphatic carbocycles. The lowest BCUT2D eigenvalue weighted by molar-refractivity contribution is 0.504. The fraction of sp³-hybridized carbons (Fsp3) is 0.310. The first-order valence-corrected chi connectivity index (χ1v) is 45.1. The average Bonchev–Trinajstić information content (AvgIpc) is 0.821. The minimum Gasteiger partial charge on any atom is -0.467 e. The van der Waals surface area contributed by atoms with Crippen molar-refractivity contribution in [1.82, 2.24) is 0 Å². The molecule has 15 aromatic carbocycles. The van der Waals surface area contributed by atoms with Crippen molar-refractivity contribution >= 4 is 108 Å². The molecule has 630 valence electrons. The minimum absolute atomic E-state index is 0.984. The first kappa shape index (κ1) is 108. The highest BCUT2D eigenvalue weighted by molar-refractivity contribution is 7.11. The summed E-state index contributed by atoms with van der Waals surface area (Å²) < 4.78 is 5.08. The molecule has 2 heteroatoms. The quantitative estimate of drug-likeness (QED) is 0.109. The summed E-state index contributed by atoms with van der Waals surface area (Å²) in [7, 11) is 0. The fourth-order valence-electron chi connectivity index (χ4n) is 13.0. The van der Waals surface area contributed by atoms with Gasteiger partial charge in [-0.15, -0.1) is 11.3 Å². The van der Waals surface area contributed by atoms with Crippen LogP contribution in [0.25, 0.3) is 97.0 Å². The summed E-state index contributed by atoms with van der Waals surface area (Å²) >= 11 is 1.84. The molecule has 2 heterocycles. The molecule has 0 unspecified atom stereocenters. The van der Waals surface area contributed by atoms with Crippen LogP contribution >= 0.6 is 11.3 Å². The molecule has 0 aliphatic rings. The molecule has 0 bridgehead atoms. The van der Waals surface area contributed by atoms with Crippen molar-refractivity contribution in [3.8, 4) is 0 Å². The molecule has 0 saturated carbocycles. The van der Waals surface area contributed by atoms with Gasteiger partial charge in [0.05, 0.1) is 0 Å². The number of furan rings is 1. The second-order valence-corrected chi connectivity index (χ2v) is 28.1. The monoisotopic (exact) mass is 1600 g/mol. The smallest absolute Gasteiger partial charge is 0.101 e. The number of rotatable bonds is 0. The van der Waals surface area contributed by atoms with E-state index in [0.29, 0.717) is 0 Å². The van der Waals surface area contributed by atoms with Crippen LogP contribution in [0.4, 0.5) is 0 Å². The van der Waals surface area contributed by atoms with Gasteiger partial charge in [-0.05, 0) is 278 Å². The lowest BCUT2D eigenvalue weighted by atomic mass is 9.93. The number of hydrogen-bond donors (Lipinski definition) is 0. The van der Waals surface area contributed by atoms with Gasteiger partial charge in [-0.3, -0.25) is 0 Å². The van der Waals surface area contributed by atoms with E-state index in [2.05, 4.69) is 364 Å². The second kappa shape index (κ2) is 61.0. The van der Waals surface area contributed by atoms with Crippen molar-refractivity contribution in [2.24, 2.45) is 0 Å². The summed E-state index contributed by atoms with van der Waals surface area (Å²) in [5.74, 6) is 1.97. The third-order valence-corrected chi connectivity index (χ3v) is 19.3. The predicted octanol–water partition coefficient (Wildman–Crippen LogP) is 38.7. The standard InChI is InChI=1S/4C16H14.C12H12.C8H10.C6H8O.C6H8S.10C2H6/c1-11-3-7-15-13(9-11)5-6-14-10-12(2)4-8-16(14)15;1-11-3-5-13-10-16-8-12(2)4-6-14(16)9-15(13)7-11;1-11-13-7-3-5-9-15(13)12(2)16-10-6-4-8-14(11)16;1-11-7-8-13-10-12(2)14-5-3-4-6-15(14)16(13)9-11;1-9-7-10(2)12-6-4-3-5-11(12)8-9;1-7-5-3-4-6-8(7)2;2*1-5-3-4-6(2)7-5;10*1-2/h4*3-10H,1-2H3;3-8H,1-2H3;3-6H,1-2H3;2*3-4H,1-2H3;10*1-2H3. The van der Waals surface area contributed by atoms with E-state index in [-0.39, 0.29) is 0 Å². The SMILES string of the molecule is CC.CC.CC.CC.CC.CC.CC.CC.CC.CC.Cc1c2ccccc2c(C)c2ccccc12.Cc1cc(C)c2ccccc2c1.Cc1ccc(C)o1.Cc1ccc(C)s1.Cc1ccc2c(ccc3cc(C)ccc32)c1.Cc1ccc2cc(C)c3ccccc3c2c1.Cc1ccc2cc3cc(C)ccc3cc2c1.Cc1ccccc1C. The molecule has 17 rings (SSSR count). The van der Waals surface area contributed by atoms with Gasteiger partial charge in [0.2, 0.25) is 0 Å². The third-order valence-electron chi connectivity index (χ3n) is 18.3. The molecular formula is C116H154OS. The number of benzene rings is 15. The minimum atomic E-state index is 0.984. The molecule has 0 fully saturated rings. The molecule has 0 spiro atoms. The summed E-state index contributed by atoms with van der Waals surface area (Å²) in [4.78, 5) is 2.80. The van der Waals surface area contributed by atoms with E-state index >= 15 is 0 Å². The summed E-state index contributed by atoms with van der Waals surface area (Å²) in [6, 6.07) is 99.9. The van der Waals surface area contributed by atoms with E-state index in [0.717, 1.165) is 11.5 Å². The highest BCUT2D eigenvalue weighted by atomic mass is 32.1. The molecule has 0 saturated heterocycles. The Morgan fingerprint density at radius 1 is 0.161 bits per heavy atom. The van der Waals surface area contributed by atoms with Crippen molar-refractivity contribution in [2.75, 3.05) is 0 Å². The fourth-order valence-corrected chi connectivity index (χ4v) is 13.8. The summed E-state index contributed by atoms with van der Waals surface area (Å²) in [6.07, 6.45) is 0. The third kappa shape index (κ3) is 33.9. The largest absolute Gasteiger partial charge is 0.467 e. The van der Waals surface area contributed by atoms with Crippen LogP contribution in [-0.4, -0.2) is 0 Å². The van der Waals surface area contributed by atoms with Gasteiger partial charge in [-0.2, -0.15) is 0 Å². The highest BCUT2D eigenvalue weighted by Crippen LogP contribution is 2.33. The second-order valence-electron chi connectivity index (χ2n) is 26.6. The van der Waals surface area contributed by atoms with Gasteiger partial charge >= 0.3 is 0 Å². The molecule has 0 aliphatic heterocycles. The van der Waals surface area contributed by atoms with Crippen molar-refractivity contribution in [2.45, 2.75) is 249 Å². The lowest BCUT2D eigenvalue weighted by Crippen LogP contribution is -1.87. The number of aryl methyl sites for hydroxylation is 16. The van der Waals surface area contributed by atoms with Crippen LogP contribution in [0.15, 0.2) is 283 Å². The van der Waals surface area contributed by atoms with Crippen LogP contribution < -0.4 is 0 Å². The molecule has 0 atom stereocenters. The molecule has 17 aromatic rings. The molecule has 118 heavy (non-hydrogen) atoms. The van der Waals surface area contributed by atoms with Crippen LogP contribution in [-0.2, 0) is 0 Å². The van der Waals surface area contributed by atoms with Gasteiger partial charge < -0.3 is 4.42 Å². The van der Waals surface area contributed by atoms with E-state index in [4.69, 9.17) is 4.42 Å². The van der Waals surface area contributed by atoms with Gasteiger partial charge in [0.25, 0.3) is 0 Å². The highest BCUT2D eigenvalue weighted by Gasteiger charge is 2.08. The zero-order valence-corrected chi connectivity index (χ0v) is 81.2. The van der Waals surface area contributed by atoms with Gasteiger partial charge in [0.15, 0.2) is 0 Å². The van der Waals surface area contributed by atoms with Crippen LogP contribution in [0.1, 0.15) is 227 Å². The Balaban J connectivity index is 0.00000130. The maximum atomic E-state index is 5.08. The average molecular weight is 1600 g/mol. The van der Waals surface area contributed by atoms with E-state index in [1.807, 2.05) is 176 Å². The molecule has 0 N–H and O–H groups in total. The first-order valence-electron chi connectivity index (χ1n) is 44.3. The van der Waals surface area contributed by atoms with Gasteiger partial charge in [0.1, 0.15) is 11.5 Å². The van der Waals surface area contributed by atoms with E-state index in [1.165, 1.54) is 173 Å². The van der Waals surface area contributed by atoms with Crippen LogP contribution in [0.2, 0.25) is 0 Å². The lowest BCUT2D eigenvalue weighted by Gasteiger charge is -2.11. The van der Waals surface area contributed by atoms with E-state index < -0.39 is 0 Å². The van der Waals surface area contributed by atoms with E-state index in [1.54, 1.807) is 0 Å². The van der Waals surface area contributed by atoms with Crippen molar-refractivity contribution in [3.63, 3.8) is 0 Å². The Morgan fingerprint density at radius 3 is 0.780 bits per heavy atom. The molecule has 0 radical (unpaired) electrons. The Hall–Kier alpha value is -10.4. The molecule has 1 nitrogen and oxygen atoms in total. The Bertz CT molecular complexity index is 5250. The van der Waals surface area contributed by atoms with Crippen LogP contribution in [0, 0.1) is 111 Å². The number of fused-ring (bicyclic) bond motifs is 11. The van der Waals surface area contributed by atoms with E-state index in [9.17, 15) is 0 Å². The van der Waals surface area contributed by atoms with Gasteiger partial charge in [-0.25, -0.2) is 0 Å². The summed E-state index contributed by atoms with van der Waals surface area (Å²) in [6.45, 7) is 74.0. The molecule has 2 aromatic heterocycles. The Morgan fingerprint density at radius 2 is 0.432 bits per heavy atom. The van der Waals surface area contributed by atoms with Crippen molar-refractivity contribution in [3.05, 3.63) is 367 Å². The normalized spacial score (nSPS) is 9.36. The number of hydrogen-bond acceptors (Lipinski definition) is 2. The summed E-state index contributed by atoms with van der Waals surface area (Å²) in [5.41, 5.74) is 16.2. The maximum Gasteiger partial charge on any atom is 0.101 e. The maximum absolute atomic E-state index is 5.08. The zero-order valence-electron chi connectivity index (χ0n) is 80.4. The molecule has 0 amide bonds. The number of thiophene rings is 1. The van der Waals surface area contributed by atoms with Crippen LogP contribution in [0.5, 0.6) is 0 Å². The van der Waals surface area contributed by atoms with Crippen LogP contribution in [0.3, 0.4) is 0 Å². The Labute approximate surface area is 724 Å². The van der Waals surface area contributed by atoms with Crippen molar-refractivity contribution < 1.29 is 4.42 Å². The molecular weight excluding hydrogens is 1440 g/mol. The summed E-state index contributed by atoms with van der Waals surface area (Å²) in [5, 5.41) is 24.3. The first-order chi connectivity index (χ1) is 57.2.